The van der Waals surface area contributed by atoms with Gasteiger partial charge in [0.1, 0.15) is 16.2 Å². The summed E-state index contributed by atoms with van der Waals surface area (Å²) in [5.74, 6) is 2.18. The Morgan fingerprint density at radius 3 is 2.95 bits per heavy atom. The Kier molecular flexibility index (Phi) is 2.86. The van der Waals surface area contributed by atoms with Crippen molar-refractivity contribution in [2.24, 2.45) is 0 Å². The maximum atomic E-state index is 5.86. The van der Waals surface area contributed by atoms with Gasteiger partial charge < -0.3 is 9.73 Å². The summed E-state index contributed by atoms with van der Waals surface area (Å²) in [4.78, 5) is 10.2. The lowest BCUT2D eigenvalue weighted by atomic mass is 10.2. The van der Waals surface area contributed by atoms with E-state index in [0.717, 1.165) is 33.5 Å². The fraction of sp³-hybridized carbons (Fsp3) is 0.125. The SMILES string of the molecule is CCNc1nc(-c2cc3ccccc3o2)nc2sccc12. The predicted octanol–water partition coefficient (Wildman–Crippen LogP) is 4.54. The van der Waals surface area contributed by atoms with Crippen LogP contribution in [0, 0.1) is 0 Å². The van der Waals surface area contributed by atoms with Crippen molar-refractivity contribution in [1.82, 2.24) is 9.97 Å². The van der Waals surface area contributed by atoms with Gasteiger partial charge in [-0.1, -0.05) is 18.2 Å². The summed E-state index contributed by atoms with van der Waals surface area (Å²) in [5.41, 5.74) is 0.854. The highest BCUT2D eigenvalue weighted by molar-refractivity contribution is 7.16. The Morgan fingerprint density at radius 2 is 2.10 bits per heavy atom. The van der Waals surface area contributed by atoms with E-state index in [9.17, 15) is 0 Å². The van der Waals surface area contributed by atoms with Crippen molar-refractivity contribution in [1.29, 1.82) is 0 Å². The molecular weight excluding hydrogens is 282 g/mol. The van der Waals surface area contributed by atoms with Gasteiger partial charge in [-0.3, -0.25) is 0 Å². The average molecular weight is 295 g/mol. The highest BCUT2D eigenvalue weighted by Gasteiger charge is 2.13. The highest BCUT2D eigenvalue weighted by Crippen LogP contribution is 2.31. The average Bonchev–Trinajstić information content (AvgIpc) is 3.13. The second-order valence-electron chi connectivity index (χ2n) is 4.71. The van der Waals surface area contributed by atoms with Gasteiger partial charge in [0.05, 0.1) is 5.39 Å². The summed E-state index contributed by atoms with van der Waals surface area (Å²) in [5, 5.41) is 7.44. The van der Waals surface area contributed by atoms with E-state index in [1.807, 2.05) is 41.8 Å². The summed E-state index contributed by atoms with van der Waals surface area (Å²) in [6.07, 6.45) is 0. The lowest BCUT2D eigenvalue weighted by Gasteiger charge is -2.05. The molecule has 104 valence electrons. The minimum atomic E-state index is 0.622. The molecule has 0 atom stereocenters. The Balaban J connectivity index is 1.92. The number of nitrogens with one attached hydrogen (secondary N) is 1. The normalized spacial score (nSPS) is 11.3. The molecule has 0 spiro atoms. The second-order valence-corrected chi connectivity index (χ2v) is 5.61. The molecule has 0 unspecified atom stereocenters. The van der Waals surface area contributed by atoms with E-state index in [1.165, 1.54) is 0 Å². The van der Waals surface area contributed by atoms with Crippen LogP contribution in [0.25, 0.3) is 32.8 Å². The fourth-order valence-corrected chi connectivity index (χ4v) is 3.12. The Bertz CT molecular complexity index is 892. The molecule has 5 heteroatoms. The lowest BCUT2D eigenvalue weighted by Crippen LogP contribution is -2.01. The smallest absolute Gasteiger partial charge is 0.199 e. The molecule has 0 amide bonds. The summed E-state index contributed by atoms with van der Waals surface area (Å²) < 4.78 is 5.86. The quantitative estimate of drug-likeness (QED) is 0.603. The molecular formula is C16H13N3OS. The maximum Gasteiger partial charge on any atom is 0.199 e. The van der Waals surface area contributed by atoms with Crippen LogP contribution in [0.4, 0.5) is 5.82 Å². The fourth-order valence-electron chi connectivity index (χ4n) is 2.36. The van der Waals surface area contributed by atoms with E-state index >= 15 is 0 Å². The minimum Gasteiger partial charge on any atom is -0.453 e. The number of nitrogens with zero attached hydrogens (tertiary/aromatic N) is 2. The van der Waals surface area contributed by atoms with Crippen LogP contribution in [0.2, 0.25) is 0 Å². The van der Waals surface area contributed by atoms with Crippen LogP contribution in [-0.2, 0) is 0 Å². The molecule has 0 aliphatic carbocycles. The first-order valence-electron chi connectivity index (χ1n) is 6.83. The van der Waals surface area contributed by atoms with Crippen LogP contribution in [-0.4, -0.2) is 16.5 Å². The molecule has 0 saturated heterocycles. The molecule has 1 aromatic carbocycles. The van der Waals surface area contributed by atoms with Gasteiger partial charge in [0.15, 0.2) is 11.6 Å². The molecule has 0 aliphatic rings. The van der Waals surface area contributed by atoms with Crippen molar-refractivity contribution >= 4 is 38.3 Å². The summed E-state index contributed by atoms with van der Waals surface area (Å²) >= 11 is 1.61. The molecule has 4 rings (SSSR count). The van der Waals surface area contributed by atoms with Gasteiger partial charge in [0.2, 0.25) is 0 Å². The number of para-hydroxylation sites is 1. The van der Waals surface area contributed by atoms with Crippen LogP contribution in [0.1, 0.15) is 6.92 Å². The molecule has 3 aromatic heterocycles. The number of thiophene rings is 1. The molecule has 3 heterocycles. The number of hydrogen-bond donors (Lipinski definition) is 1. The van der Waals surface area contributed by atoms with Crippen molar-refractivity contribution < 1.29 is 4.42 Å². The highest BCUT2D eigenvalue weighted by atomic mass is 32.1. The number of fused-ring (bicyclic) bond motifs is 2. The summed E-state index contributed by atoms with van der Waals surface area (Å²) in [7, 11) is 0. The second kappa shape index (κ2) is 4.86. The Hall–Kier alpha value is -2.40. The van der Waals surface area contributed by atoms with Gasteiger partial charge in [0.25, 0.3) is 0 Å². The minimum absolute atomic E-state index is 0.622. The van der Waals surface area contributed by atoms with Crippen molar-refractivity contribution in [2.45, 2.75) is 6.92 Å². The molecule has 0 saturated carbocycles. The number of rotatable bonds is 3. The van der Waals surface area contributed by atoms with E-state index < -0.39 is 0 Å². The molecule has 0 bridgehead atoms. The van der Waals surface area contributed by atoms with E-state index in [1.54, 1.807) is 11.3 Å². The third-order valence-electron chi connectivity index (χ3n) is 3.32. The van der Waals surface area contributed by atoms with Crippen molar-refractivity contribution in [2.75, 3.05) is 11.9 Å². The zero-order valence-electron chi connectivity index (χ0n) is 11.5. The van der Waals surface area contributed by atoms with Gasteiger partial charge in [-0.2, -0.15) is 0 Å². The molecule has 4 nitrogen and oxygen atoms in total. The predicted molar refractivity (Wildman–Crippen MR) is 86.8 cm³/mol. The van der Waals surface area contributed by atoms with Crippen LogP contribution < -0.4 is 5.32 Å². The molecule has 1 N–H and O–H groups in total. The van der Waals surface area contributed by atoms with Crippen LogP contribution in [0.5, 0.6) is 0 Å². The largest absolute Gasteiger partial charge is 0.453 e. The zero-order valence-corrected chi connectivity index (χ0v) is 12.3. The van der Waals surface area contributed by atoms with E-state index in [0.29, 0.717) is 11.6 Å². The molecule has 0 fully saturated rings. The van der Waals surface area contributed by atoms with Crippen LogP contribution in [0.3, 0.4) is 0 Å². The molecule has 0 radical (unpaired) electrons. The lowest BCUT2D eigenvalue weighted by molar-refractivity contribution is 0.626. The molecule has 4 aromatic rings. The number of benzene rings is 1. The van der Waals surface area contributed by atoms with Gasteiger partial charge in [-0.05, 0) is 30.5 Å². The first kappa shape index (κ1) is 12.3. The number of anilines is 1. The van der Waals surface area contributed by atoms with Gasteiger partial charge in [0, 0.05) is 11.9 Å². The Morgan fingerprint density at radius 1 is 1.19 bits per heavy atom. The van der Waals surface area contributed by atoms with E-state index in [4.69, 9.17) is 4.42 Å². The number of aromatic nitrogens is 2. The van der Waals surface area contributed by atoms with E-state index in [2.05, 4.69) is 22.2 Å². The summed E-state index contributed by atoms with van der Waals surface area (Å²) in [6.45, 7) is 2.88. The Labute approximate surface area is 125 Å². The van der Waals surface area contributed by atoms with Crippen LogP contribution in [0.15, 0.2) is 46.2 Å². The van der Waals surface area contributed by atoms with Crippen LogP contribution >= 0.6 is 11.3 Å². The van der Waals surface area contributed by atoms with E-state index in [-0.39, 0.29) is 0 Å². The first-order valence-corrected chi connectivity index (χ1v) is 7.71. The number of furan rings is 1. The van der Waals surface area contributed by atoms with Crippen molar-refractivity contribution in [3.05, 3.63) is 41.8 Å². The monoisotopic (exact) mass is 295 g/mol. The van der Waals surface area contributed by atoms with Gasteiger partial charge >= 0.3 is 0 Å². The maximum absolute atomic E-state index is 5.86. The standard InChI is InChI=1S/C16H13N3OS/c1-2-17-14-11-7-8-21-16(11)19-15(18-14)13-9-10-5-3-4-6-12(10)20-13/h3-9H,2H2,1H3,(H,17,18,19). The summed E-state index contributed by atoms with van der Waals surface area (Å²) in [6, 6.07) is 12.0. The molecule has 21 heavy (non-hydrogen) atoms. The van der Waals surface area contributed by atoms with Crippen molar-refractivity contribution in [3.63, 3.8) is 0 Å². The van der Waals surface area contributed by atoms with Gasteiger partial charge in [-0.25, -0.2) is 9.97 Å². The van der Waals surface area contributed by atoms with Crippen molar-refractivity contribution in [3.8, 4) is 11.6 Å². The van der Waals surface area contributed by atoms with Gasteiger partial charge in [-0.15, -0.1) is 11.3 Å². The first-order chi connectivity index (χ1) is 10.3. The molecule has 0 aliphatic heterocycles. The third kappa shape index (κ3) is 2.06. The topological polar surface area (TPSA) is 51.0 Å². The third-order valence-corrected chi connectivity index (χ3v) is 4.12. The number of hydrogen-bond acceptors (Lipinski definition) is 5. The zero-order chi connectivity index (χ0) is 14.2.